The third kappa shape index (κ3) is 11.8. The Balaban J connectivity index is 0.000000113. The molecule has 0 spiro atoms. The highest BCUT2D eigenvalue weighted by Gasteiger charge is 2.31. The zero-order chi connectivity index (χ0) is 61.6. The minimum atomic E-state index is 0.597. The van der Waals surface area contributed by atoms with Crippen molar-refractivity contribution in [3.63, 3.8) is 0 Å². The van der Waals surface area contributed by atoms with Crippen molar-refractivity contribution < 1.29 is 23.7 Å². The predicted molar refractivity (Wildman–Crippen MR) is 385 cm³/mol. The van der Waals surface area contributed by atoms with Gasteiger partial charge in [0.15, 0.2) is 34.5 Å². The summed E-state index contributed by atoms with van der Waals surface area (Å²) in [4.78, 5) is 12.3. The number of benzene rings is 8. The Morgan fingerprint density at radius 2 is 0.711 bits per heavy atom. The largest absolute Gasteiger partial charge is 0.485 e. The summed E-state index contributed by atoms with van der Waals surface area (Å²) in [6.07, 6.45) is 0. The summed E-state index contributed by atoms with van der Waals surface area (Å²) in [6, 6.07) is 71.8. The van der Waals surface area contributed by atoms with Crippen LogP contribution in [0.4, 0.5) is 17.1 Å². The minimum absolute atomic E-state index is 0.597. The Bertz CT molecular complexity index is 4700. The fraction of sp³-hybridized carbons (Fsp3) is 0.158. The molecule has 450 valence electrons. The number of ether oxygens (including phenoxy) is 5. The standard InChI is InChI=1S/C32H24N2S2.C20H17NO.C14H14O4S2.C10H10S2/c1-21-11-15-23(16-12-21)33-25-7-3-5-9-29(25)35-31-20-28-32(19-27(31)33)36-30-10-6-4-8-26(30)34(28)24-17-13-22(2)14-18-24;1-14-8-10-17-19(12-14)22-20-13-15(2)9-11-18(20)21(17)16-6-4-3-5-7-16;1-7-9-11(17-5-3-15-9)13(19-7)14-12-10(8(2)20-14)16-4-6-18-12;1-7-3-5-9(11-7)10-6-4-8(2)12-10/h3-20H,1-2H3;3-13H,1-2H3;3-6H2,1-2H3;3-6H,1-2H3. The normalized spacial score (nSPS) is 12.7. The molecule has 0 amide bonds. The zero-order valence-corrected chi connectivity index (χ0v) is 56.1. The van der Waals surface area contributed by atoms with E-state index >= 15 is 0 Å². The third-order valence-electron chi connectivity index (χ3n) is 15.8. The van der Waals surface area contributed by atoms with E-state index < -0.39 is 0 Å². The van der Waals surface area contributed by atoms with Gasteiger partial charge in [0.1, 0.15) is 26.4 Å². The van der Waals surface area contributed by atoms with Crippen LogP contribution in [-0.4, -0.2) is 35.6 Å². The van der Waals surface area contributed by atoms with Crippen LogP contribution in [0.2, 0.25) is 0 Å². The summed E-state index contributed by atoms with van der Waals surface area (Å²) in [6.45, 7) is 19.3. The summed E-state index contributed by atoms with van der Waals surface area (Å²) in [5.74, 6) is 5.29. The first-order valence-corrected chi connectivity index (χ1v) is 34.9. The number of aromatic nitrogens is 2. The predicted octanol–water partition coefficient (Wildman–Crippen LogP) is 23.4. The third-order valence-corrected chi connectivity index (χ3v) is 22.5. The number of thiophene rings is 4. The van der Waals surface area contributed by atoms with Crippen LogP contribution in [-0.2, 0) is 0 Å². The van der Waals surface area contributed by atoms with Gasteiger partial charge in [-0.05, 0) is 188 Å². The van der Waals surface area contributed by atoms with Crippen LogP contribution in [0, 0.1) is 55.4 Å². The van der Waals surface area contributed by atoms with Crippen LogP contribution < -0.4 is 28.6 Å². The van der Waals surface area contributed by atoms with Crippen LogP contribution in [0.3, 0.4) is 0 Å². The molecule has 0 atom stereocenters. The van der Waals surface area contributed by atoms with Crippen LogP contribution in [0.1, 0.15) is 41.8 Å². The maximum atomic E-state index is 6.15. The quantitative estimate of drug-likeness (QED) is 0.160. The first kappa shape index (κ1) is 59.0. The Morgan fingerprint density at radius 1 is 0.311 bits per heavy atom. The van der Waals surface area contributed by atoms with Gasteiger partial charge in [0.05, 0.1) is 62.0 Å². The second-order valence-electron chi connectivity index (χ2n) is 22.5. The molecule has 6 aromatic heterocycles. The molecular weight excluding hydrogens is 1230 g/mol. The van der Waals surface area contributed by atoms with E-state index in [9.17, 15) is 0 Å². The fourth-order valence-electron chi connectivity index (χ4n) is 11.4. The Labute approximate surface area is 548 Å². The van der Waals surface area contributed by atoms with Gasteiger partial charge in [-0.25, -0.2) is 0 Å². The van der Waals surface area contributed by atoms with Gasteiger partial charge in [-0.15, -0.1) is 68.0 Å². The van der Waals surface area contributed by atoms with Gasteiger partial charge in [-0.1, -0.05) is 90.0 Å². The van der Waals surface area contributed by atoms with Gasteiger partial charge in [0.25, 0.3) is 0 Å². The van der Waals surface area contributed by atoms with E-state index in [-0.39, 0.29) is 0 Å². The smallest absolute Gasteiger partial charge is 0.181 e. The summed E-state index contributed by atoms with van der Waals surface area (Å²) >= 11 is 10.8. The number of nitrogens with zero attached hydrogens (tertiary/aromatic N) is 3. The molecule has 0 saturated carbocycles. The molecule has 0 fully saturated rings. The van der Waals surface area contributed by atoms with E-state index in [1.807, 2.05) is 51.4 Å². The zero-order valence-electron chi connectivity index (χ0n) is 51.2. The molecule has 90 heavy (non-hydrogen) atoms. The van der Waals surface area contributed by atoms with Gasteiger partial charge >= 0.3 is 0 Å². The molecule has 0 unspecified atom stereocenters. The van der Waals surface area contributed by atoms with E-state index in [1.54, 1.807) is 22.7 Å². The van der Waals surface area contributed by atoms with E-state index in [0.29, 0.717) is 26.4 Å². The SMILES string of the molecule is Cc1ccc(-c2ccc(C)s2)s1.Cc1ccc(-n2c3ccccc3sc3cc4c(cc32)sc2ccccc2n4-c2ccc(C)cc2)cc1.Cc1ccc2c(c1)Oc1cc(C)ccc1N2c1ccccc1.Cc1sc(-c2sc(C)c3c2OCCO3)c2c1OCCO2. The summed E-state index contributed by atoms with van der Waals surface area (Å²) in [5.41, 5.74) is 15.5. The lowest BCUT2D eigenvalue weighted by atomic mass is 10.1. The molecule has 9 heterocycles. The minimum Gasteiger partial charge on any atom is -0.485 e. The van der Waals surface area contributed by atoms with Crippen molar-refractivity contribution in [2.75, 3.05) is 31.3 Å². The molecule has 0 aliphatic carbocycles. The Hall–Kier alpha value is -8.60. The number of hydrogen-bond acceptors (Lipinski definition) is 12. The molecule has 3 aliphatic heterocycles. The number of fused-ring (bicyclic) bond motifs is 8. The average molecular weight is 1290 g/mol. The molecule has 0 N–H and O–H groups in total. The van der Waals surface area contributed by atoms with Crippen molar-refractivity contribution in [1.82, 2.24) is 9.13 Å². The van der Waals surface area contributed by atoms with Gasteiger partial charge in [0.2, 0.25) is 0 Å². The number of para-hydroxylation sites is 3. The maximum Gasteiger partial charge on any atom is 0.181 e. The second kappa shape index (κ2) is 25.4. The molecule has 0 radical (unpaired) electrons. The molecule has 0 saturated heterocycles. The van der Waals surface area contributed by atoms with Crippen molar-refractivity contribution in [2.45, 2.75) is 55.4 Å². The molecular formula is C76H65N3O5S6. The van der Waals surface area contributed by atoms with Crippen LogP contribution in [0.15, 0.2) is 200 Å². The van der Waals surface area contributed by atoms with Gasteiger partial charge < -0.3 is 37.7 Å². The topological polar surface area (TPSA) is 59.2 Å². The number of hydrogen-bond donors (Lipinski definition) is 0. The van der Waals surface area contributed by atoms with E-state index in [0.717, 1.165) is 71.1 Å². The lowest BCUT2D eigenvalue weighted by Crippen LogP contribution is -2.15. The Morgan fingerprint density at radius 3 is 1.13 bits per heavy atom. The first-order chi connectivity index (χ1) is 43.9. The first-order valence-electron chi connectivity index (χ1n) is 30.0. The molecule has 14 heteroatoms. The van der Waals surface area contributed by atoms with E-state index in [2.05, 4.69) is 264 Å². The second-order valence-corrected chi connectivity index (χ2v) is 29.7. The number of aryl methyl sites for hydroxylation is 8. The van der Waals surface area contributed by atoms with Crippen LogP contribution in [0.25, 0.3) is 71.7 Å². The summed E-state index contributed by atoms with van der Waals surface area (Å²) in [7, 11) is 0. The highest BCUT2D eigenvalue weighted by molar-refractivity contribution is 7.26. The lowest BCUT2D eigenvalue weighted by Gasteiger charge is -2.33. The number of anilines is 3. The highest BCUT2D eigenvalue weighted by atomic mass is 32.1. The fourth-order valence-corrected chi connectivity index (χ4v) is 17.6. The van der Waals surface area contributed by atoms with Crippen LogP contribution >= 0.6 is 68.0 Å². The van der Waals surface area contributed by atoms with Crippen LogP contribution in [0.5, 0.6) is 34.5 Å². The molecule has 0 bridgehead atoms. The number of rotatable bonds is 5. The lowest BCUT2D eigenvalue weighted by molar-refractivity contribution is 0.171. The van der Waals surface area contributed by atoms with Gasteiger partial charge in [-0.3, -0.25) is 0 Å². The highest BCUT2D eigenvalue weighted by Crippen LogP contribution is 2.57. The Kier molecular flexibility index (Phi) is 16.6. The van der Waals surface area contributed by atoms with Crippen molar-refractivity contribution in [3.8, 4) is 65.4 Å². The molecule has 8 nitrogen and oxygen atoms in total. The van der Waals surface area contributed by atoms with Gasteiger partial charge in [0, 0.05) is 46.3 Å². The van der Waals surface area contributed by atoms with Crippen molar-refractivity contribution in [1.29, 1.82) is 0 Å². The molecule has 17 rings (SSSR count). The maximum absolute atomic E-state index is 6.15. The van der Waals surface area contributed by atoms with Crippen molar-refractivity contribution >= 4 is 126 Å². The van der Waals surface area contributed by atoms with Crippen molar-refractivity contribution in [3.05, 3.63) is 242 Å². The van der Waals surface area contributed by atoms with Gasteiger partial charge in [-0.2, -0.15) is 0 Å². The van der Waals surface area contributed by atoms with E-state index in [1.165, 1.54) is 94.0 Å². The molecule has 14 aromatic rings. The summed E-state index contributed by atoms with van der Waals surface area (Å²) < 4.78 is 39.2. The van der Waals surface area contributed by atoms with E-state index in [4.69, 9.17) is 23.7 Å². The monoisotopic (exact) mass is 1290 g/mol. The van der Waals surface area contributed by atoms with Crippen molar-refractivity contribution in [2.24, 2.45) is 0 Å². The molecule has 8 aromatic carbocycles. The summed E-state index contributed by atoms with van der Waals surface area (Å²) in [5, 5.41) is 0. The average Bonchev–Trinajstić information content (AvgIpc) is 0.978. The molecule has 3 aliphatic rings.